The highest BCUT2D eigenvalue weighted by Gasteiger charge is 2.47. The van der Waals surface area contributed by atoms with E-state index < -0.39 is 0 Å². The smallest absolute Gasteiger partial charge is 0.0413 e. The van der Waals surface area contributed by atoms with Gasteiger partial charge in [0.15, 0.2) is 0 Å². The summed E-state index contributed by atoms with van der Waals surface area (Å²) in [6, 6.07) is 70.7. The summed E-state index contributed by atoms with van der Waals surface area (Å²) in [6.07, 6.45) is 8.41. The molecule has 5 unspecified atom stereocenters. The van der Waals surface area contributed by atoms with E-state index in [1.807, 2.05) is 0 Å². The van der Waals surface area contributed by atoms with Crippen LogP contribution in [0.2, 0.25) is 0 Å². The summed E-state index contributed by atoms with van der Waals surface area (Å²) in [4.78, 5) is 2.64. The maximum absolute atomic E-state index is 4.05. The Bertz CT molecular complexity index is 4020. The lowest BCUT2D eigenvalue weighted by Crippen LogP contribution is -2.32. The Morgan fingerprint density at radius 2 is 1.15 bits per heavy atom. The van der Waals surface area contributed by atoms with Crippen molar-refractivity contribution < 1.29 is 0 Å². The molecule has 0 bridgehead atoms. The van der Waals surface area contributed by atoms with E-state index >= 15 is 0 Å². The van der Waals surface area contributed by atoms with Crippen molar-refractivity contribution in [3.8, 4) is 0 Å². The van der Waals surface area contributed by atoms with Crippen LogP contribution < -0.4 is 4.90 Å². The van der Waals surface area contributed by atoms with Crippen LogP contribution in [0.1, 0.15) is 116 Å². The van der Waals surface area contributed by atoms with Crippen LogP contribution in [0.15, 0.2) is 221 Å². The van der Waals surface area contributed by atoms with E-state index in [-0.39, 0.29) is 29.6 Å². The Balaban J connectivity index is 0.962. The van der Waals surface area contributed by atoms with Crippen LogP contribution in [0.25, 0.3) is 59.4 Å². The van der Waals surface area contributed by atoms with Crippen LogP contribution in [0.5, 0.6) is 0 Å². The Morgan fingerprint density at radius 1 is 0.521 bits per heavy atom. The molecule has 10 aromatic rings. The molecule has 5 aliphatic rings. The van der Waals surface area contributed by atoms with Gasteiger partial charge in [-0.15, -0.1) is 0 Å². The summed E-state index contributed by atoms with van der Waals surface area (Å²) >= 11 is 0. The first kappa shape index (κ1) is 43.0. The fraction of sp³-hybridized carbons (Fsp3) is 0.222. The fourth-order valence-corrected chi connectivity index (χ4v) is 15.5. The number of fused-ring (bicyclic) bond motifs is 5. The summed E-state index contributed by atoms with van der Waals surface area (Å²) in [7, 11) is 0. The zero-order valence-electron chi connectivity index (χ0n) is 42.2. The number of allylic oxidation sites excluding steroid dienone is 6. The van der Waals surface area contributed by atoms with Crippen molar-refractivity contribution in [1.82, 2.24) is 0 Å². The van der Waals surface area contributed by atoms with Crippen molar-refractivity contribution >= 4 is 70.8 Å². The minimum atomic E-state index is 0.114. The van der Waals surface area contributed by atoms with Gasteiger partial charge in [-0.1, -0.05) is 209 Å². The quantitative estimate of drug-likeness (QED) is 0.0792. The first-order valence-corrected chi connectivity index (χ1v) is 27.4. The maximum atomic E-state index is 4.05. The second-order valence-corrected chi connectivity index (χ2v) is 22.1. The average molecular weight is 938 g/mol. The van der Waals surface area contributed by atoms with Gasteiger partial charge < -0.3 is 4.90 Å². The molecule has 5 atom stereocenters. The maximum Gasteiger partial charge on any atom is 0.0413 e. The Hall–Kier alpha value is -7.66. The van der Waals surface area contributed by atoms with Crippen molar-refractivity contribution in [1.29, 1.82) is 0 Å². The fourth-order valence-electron chi connectivity index (χ4n) is 15.5. The summed E-state index contributed by atoms with van der Waals surface area (Å²) in [5.41, 5.74) is 27.6. The van der Waals surface area contributed by atoms with Gasteiger partial charge in [0.05, 0.1) is 0 Å². The number of hydrogen-bond donors (Lipinski definition) is 0. The van der Waals surface area contributed by atoms with Gasteiger partial charge in [-0.25, -0.2) is 0 Å². The Kier molecular flexibility index (Phi) is 9.83. The number of hydrogen-bond acceptors (Lipinski definition) is 1. The lowest BCUT2D eigenvalue weighted by atomic mass is 9.68. The summed E-state index contributed by atoms with van der Waals surface area (Å²) in [5, 5.41) is 13.8. The molecule has 0 heterocycles. The molecule has 0 aliphatic heterocycles. The third kappa shape index (κ3) is 6.29. The van der Waals surface area contributed by atoms with Gasteiger partial charge in [0, 0.05) is 52.2 Å². The first-order chi connectivity index (χ1) is 36.1. The van der Waals surface area contributed by atoms with Gasteiger partial charge in [-0.2, -0.15) is 0 Å². The second-order valence-electron chi connectivity index (χ2n) is 22.1. The second kappa shape index (κ2) is 16.7. The zero-order valence-corrected chi connectivity index (χ0v) is 42.2. The molecule has 73 heavy (non-hydrogen) atoms. The van der Waals surface area contributed by atoms with Crippen molar-refractivity contribution in [3.63, 3.8) is 0 Å². The standard InChI is InChI=1S/C72H59N/c1-4-53-70-62(41-40-58-55-29-15-21-46-20-14-28-54(66(46)55)44(3)65(58)70)64(43(2)45-32-35-52(36-33-45)73(50-24-10-6-11-25-50)51-26-12-7-13-27-51)72(53)68(48-18-8-5-9-19-48)63-42-49-34-37-59-56-30-16-22-47-23-17-31-57(67(47)56)60-38-39-61(63)69(49)71(59)60/h5-6,8-11,14-25,28-39,43-44,51,53,63,68H,4,7,12-13,26-27,42H2,1-3H3. The molecule has 5 aliphatic carbocycles. The molecule has 0 aromatic heterocycles. The van der Waals surface area contributed by atoms with Crippen LogP contribution in [0.3, 0.4) is 0 Å². The summed E-state index contributed by atoms with van der Waals surface area (Å²) in [6.45, 7) is 7.43. The Labute approximate surface area is 429 Å². The van der Waals surface area contributed by atoms with Gasteiger partial charge in [-0.05, 0) is 165 Å². The largest absolute Gasteiger partial charge is 0.338 e. The van der Waals surface area contributed by atoms with Crippen molar-refractivity contribution in [3.05, 3.63) is 255 Å². The molecular formula is C72H59N. The Morgan fingerprint density at radius 3 is 1.88 bits per heavy atom. The monoisotopic (exact) mass is 937 g/mol. The van der Waals surface area contributed by atoms with Crippen LogP contribution in [0.4, 0.5) is 11.4 Å². The van der Waals surface area contributed by atoms with Gasteiger partial charge in [0.25, 0.3) is 0 Å². The summed E-state index contributed by atoms with van der Waals surface area (Å²) < 4.78 is 0. The third-order valence-corrected chi connectivity index (χ3v) is 18.5. The molecule has 0 saturated heterocycles. The molecule has 0 amide bonds. The van der Waals surface area contributed by atoms with Crippen LogP contribution >= 0.6 is 0 Å². The highest BCUT2D eigenvalue weighted by molar-refractivity contribution is 6.33. The van der Waals surface area contributed by atoms with E-state index in [0.29, 0.717) is 6.04 Å². The lowest BCUT2D eigenvalue weighted by Gasteiger charge is -2.36. The molecule has 1 nitrogen and oxygen atoms in total. The molecule has 352 valence electrons. The van der Waals surface area contributed by atoms with Crippen LogP contribution in [-0.2, 0) is 6.42 Å². The van der Waals surface area contributed by atoms with E-state index in [1.54, 1.807) is 5.57 Å². The van der Waals surface area contributed by atoms with Crippen molar-refractivity contribution in [2.45, 2.75) is 95.4 Å². The van der Waals surface area contributed by atoms with Gasteiger partial charge in [-0.3, -0.25) is 0 Å². The molecule has 1 heteroatoms. The molecule has 0 radical (unpaired) electrons. The third-order valence-electron chi connectivity index (χ3n) is 18.5. The van der Waals surface area contributed by atoms with E-state index in [4.69, 9.17) is 0 Å². The van der Waals surface area contributed by atoms with E-state index in [0.717, 1.165) is 12.8 Å². The molecule has 0 spiro atoms. The molecule has 1 saturated carbocycles. The molecule has 0 N–H and O–H groups in total. The molecule has 10 aromatic carbocycles. The minimum Gasteiger partial charge on any atom is -0.338 e. The van der Waals surface area contributed by atoms with E-state index in [1.165, 1.54) is 159 Å². The number of benzene rings is 10. The topological polar surface area (TPSA) is 3.24 Å². The van der Waals surface area contributed by atoms with E-state index in [9.17, 15) is 0 Å². The SMILES string of the molecule is CCC1C2=C3C(=C=C=C2C(C(C)c2ccc(N(c4ccccc4)C4CCCCC4)cc2)=C1C(c1ccccc1)C1Cc2ccc4c5cccc6cccc(c7ccc1c2c47)c65)c1cccc2cccc(c12)C3C. The highest BCUT2D eigenvalue weighted by atomic mass is 15.2. The number of nitrogens with zero attached hydrogens (tertiary/aromatic N) is 1. The number of rotatable bonds is 9. The van der Waals surface area contributed by atoms with Crippen molar-refractivity contribution in [2.24, 2.45) is 5.92 Å². The minimum absolute atomic E-state index is 0.114. The van der Waals surface area contributed by atoms with E-state index in [2.05, 4.69) is 219 Å². The highest BCUT2D eigenvalue weighted by Crippen LogP contribution is 2.62. The first-order valence-electron chi connectivity index (χ1n) is 27.4. The zero-order chi connectivity index (χ0) is 48.5. The normalized spacial score (nSPS) is 20.1. The predicted molar refractivity (Wildman–Crippen MR) is 308 cm³/mol. The van der Waals surface area contributed by atoms with Crippen LogP contribution in [0, 0.1) is 5.92 Å². The van der Waals surface area contributed by atoms with Gasteiger partial charge >= 0.3 is 0 Å². The predicted octanol–water partition coefficient (Wildman–Crippen LogP) is 19.1. The lowest BCUT2D eigenvalue weighted by molar-refractivity contribution is 0.436. The van der Waals surface area contributed by atoms with Crippen LogP contribution in [-0.4, -0.2) is 6.04 Å². The molecular weight excluding hydrogens is 879 g/mol. The molecule has 15 rings (SSSR count). The van der Waals surface area contributed by atoms with Gasteiger partial charge in [0.2, 0.25) is 0 Å². The number of anilines is 2. The number of para-hydroxylation sites is 1. The average Bonchev–Trinajstić information content (AvgIpc) is 4.04. The van der Waals surface area contributed by atoms with Gasteiger partial charge in [0.1, 0.15) is 0 Å². The summed E-state index contributed by atoms with van der Waals surface area (Å²) in [5.74, 6) is 0.927. The van der Waals surface area contributed by atoms with Crippen molar-refractivity contribution in [2.75, 3.05) is 4.90 Å². The molecule has 1 fully saturated rings.